The number of hydrogen-bond acceptors (Lipinski definition) is 5. The Kier molecular flexibility index (Phi) is 7.82. The van der Waals surface area contributed by atoms with E-state index in [9.17, 15) is 9.59 Å². The van der Waals surface area contributed by atoms with Gasteiger partial charge in [0, 0.05) is 11.5 Å². The molecule has 0 fully saturated rings. The fourth-order valence-electron chi connectivity index (χ4n) is 2.12. The molecular formula is C19H22N2O4S. The molecule has 1 unspecified atom stereocenters. The lowest BCUT2D eigenvalue weighted by Gasteiger charge is -2.15. The second-order valence-corrected chi connectivity index (χ2v) is 6.55. The summed E-state index contributed by atoms with van der Waals surface area (Å²) in [5, 5.41) is 2.51. The molecule has 3 N–H and O–H groups in total. The van der Waals surface area contributed by atoms with Gasteiger partial charge < -0.3 is 20.5 Å². The Morgan fingerprint density at radius 1 is 1.08 bits per heavy atom. The molecule has 7 heteroatoms. The van der Waals surface area contributed by atoms with Crippen LogP contribution in [0.5, 0.6) is 5.75 Å². The van der Waals surface area contributed by atoms with Gasteiger partial charge in [0.05, 0.1) is 7.11 Å². The molecule has 138 valence electrons. The van der Waals surface area contributed by atoms with Gasteiger partial charge >= 0.3 is 6.09 Å². The molecule has 0 saturated carbocycles. The molecule has 6 nitrogen and oxygen atoms in total. The first-order chi connectivity index (χ1) is 12.6. The highest BCUT2D eigenvalue weighted by molar-refractivity contribution is 7.98. The van der Waals surface area contributed by atoms with Crippen molar-refractivity contribution in [3.8, 4) is 5.75 Å². The van der Waals surface area contributed by atoms with Crippen molar-refractivity contribution in [3.05, 3.63) is 65.7 Å². The number of benzene rings is 2. The topological polar surface area (TPSA) is 90.7 Å². The van der Waals surface area contributed by atoms with Gasteiger partial charge in [0.25, 0.3) is 0 Å². The minimum absolute atomic E-state index is 0.136. The van der Waals surface area contributed by atoms with Crippen LogP contribution in [0.15, 0.2) is 54.6 Å². The summed E-state index contributed by atoms with van der Waals surface area (Å²) in [6.45, 7) is 0.136. The molecule has 0 aromatic heterocycles. The smallest absolute Gasteiger partial charge is 0.408 e. The van der Waals surface area contributed by atoms with Gasteiger partial charge in [0.15, 0.2) is 0 Å². The zero-order valence-corrected chi connectivity index (χ0v) is 15.3. The number of amides is 2. The quantitative estimate of drug-likeness (QED) is 0.704. The highest BCUT2D eigenvalue weighted by Crippen LogP contribution is 2.17. The summed E-state index contributed by atoms with van der Waals surface area (Å²) in [7, 11) is 1.61. The van der Waals surface area contributed by atoms with Gasteiger partial charge in [0.1, 0.15) is 18.4 Å². The summed E-state index contributed by atoms with van der Waals surface area (Å²) >= 11 is 1.50. The van der Waals surface area contributed by atoms with Crippen LogP contribution in [-0.4, -0.2) is 30.9 Å². The maximum Gasteiger partial charge on any atom is 0.408 e. The average molecular weight is 374 g/mol. The predicted octanol–water partition coefficient (Wildman–Crippen LogP) is 2.71. The monoisotopic (exact) mass is 374 g/mol. The van der Waals surface area contributed by atoms with E-state index in [2.05, 4.69) is 5.32 Å². The van der Waals surface area contributed by atoms with Crippen molar-refractivity contribution in [2.24, 2.45) is 5.73 Å². The number of carbonyl (C=O) groups is 2. The molecular weight excluding hydrogens is 352 g/mol. The molecule has 0 aliphatic carbocycles. The molecule has 0 aliphatic heterocycles. The number of nitrogens with two attached hydrogens (primary N) is 1. The van der Waals surface area contributed by atoms with E-state index in [1.165, 1.54) is 11.8 Å². The molecule has 26 heavy (non-hydrogen) atoms. The SMILES string of the molecule is COc1ccc(CSCC(NC(=O)OCc2ccccc2)C(N)=O)cc1. The molecule has 0 heterocycles. The fraction of sp³-hybridized carbons (Fsp3) is 0.263. The van der Waals surface area contributed by atoms with Crippen molar-refractivity contribution in [2.75, 3.05) is 12.9 Å². The van der Waals surface area contributed by atoms with Crippen LogP contribution in [0.2, 0.25) is 0 Å². The van der Waals surface area contributed by atoms with Crippen LogP contribution in [0.4, 0.5) is 4.79 Å². The maximum atomic E-state index is 11.9. The normalized spacial score (nSPS) is 11.4. The Bertz CT molecular complexity index is 707. The van der Waals surface area contributed by atoms with Crippen LogP contribution in [0.3, 0.4) is 0 Å². The number of primary amides is 1. The zero-order chi connectivity index (χ0) is 18.8. The molecule has 0 spiro atoms. The molecule has 2 aromatic carbocycles. The Balaban J connectivity index is 1.76. The third-order valence-electron chi connectivity index (χ3n) is 3.56. The number of thioether (sulfide) groups is 1. The lowest BCUT2D eigenvalue weighted by atomic mass is 10.2. The van der Waals surface area contributed by atoms with Crippen LogP contribution >= 0.6 is 11.8 Å². The van der Waals surface area contributed by atoms with Gasteiger partial charge in [0.2, 0.25) is 5.91 Å². The Morgan fingerprint density at radius 3 is 2.38 bits per heavy atom. The highest BCUT2D eigenvalue weighted by Gasteiger charge is 2.19. The second kappa shape index (κ2) is 10.4. The summed E-state index contributed by atoms with van der Waals surface area (Å²) in [5.74, 6) is 1.25. The summed E-state index contributed by atoms with van der Waals surface area (Å²) in [5.41, 5.74) is 7.33. The number of hydrogen-bond donors (Lipinski definition) is 2. The first-order valence-electron chi connectivity index (χ1n) is 8.05. The molecule has 0 bridgehead atoms. The lowest BCUT2D eigenvalue weighted by Crippen LogP contribution is -2.46. The Labute approximate surface area is 157 Å². The number of nitrogens with one attached hydrogen (secondary N) is 1. The zero-order valence-electron chi connectivity index (χ0n) is 14.5. The van der Waals surface area contributed by atoms with Crippen LogP contribution < -0.4 is 15.8 Å². The number of rotatable bonds is 9. The molecule has 0 saturated heterocycles. The van der Waals surface area contributed by atoms with Crippen LogP contribution in [-0.2, 0) is 21.9 Å². The van der Waals surface area contributed by atoms with Crippen LogP contribution in [0.25, 0.3) is 0 Å². The van der Waals surface area contributed by atoms with Gasteiger partial charge in [-0.05, 0) is 23.3 Å². The molecule has 0 aliphatic rings. The number of carbonyl (C=O) groups excluding carboxylic acids is 2. The fourth-order valence-corrected chi connectivity index (χ4v) is 3.15. The number of methoxy groups -OCH3 is 1. The predicted molar refractivity (Wildman–Crippen MR) is 102 cm³/mol. The van der Waals surface area contributed by atoms with E-state index in [0.29, 0.717) is 11.5 Å². The first kappa shape index (κ1) is 19.7. The second-order valence-electron chi connectivity index (χ2n) is 5.52. The van der Waals surface area contributed by atoms with E-state index in [1.54, 1.807) is 7.11 Å². The highest BCUT2D eigenvalue weighted by atomic mass is 32.2. The lowest BCUT2D eigenvalue weighted by molar-refractivity contribution is -0.119. The number of alkyl carbamates (subject to hydrolysis) is 1. The van der Waals surface area contributed by atoms with E-state index < -0.39 is 18.0 Å². The summed E-state index contributed by atoms with van der Waals surface area (Å²) < 4.78 is 10.2. The van der Waals surface area contributed by atoms with Crippen molar-refractivity contribution in [1.82, 2.24) is 5.32 Å². The molecule has 2 amide bonds. The van der Waals surface area contributed by atoms with Crippen molar-refractivity contribution >= 4 is 23.8 Å². The van der Waals surface area contributed by atoms with Crippen LogP contribution in [0, 0.1) is 0 Å². The third kappa shape index (κ3) is 6.68. The van der Waals surface area contributed by atoms with Gasteiger partial charge in [-0.2, -0.15) is 11.8 Å². The Morgan fingerprint density at radius 2 is 1.77 bits per heavy atom. The van der Waals surface area contributed by atoms with Gasteiger partial charge in [-0.3, -0.25) is 4.79 Å². The minimum atomic E-state index is -0.790. The average Bonchev–Trinajstić information content (AvgIpc) is 2.67. The van der Waals surface area contributed by atoms with Crippen molar-refractivity contribution in [2.45, 2.75) is 18.4 Å². The molecule has 1 atom stereocenters. The Hall–Kier alpha value is -2.67. The van der Waals surface area contributed by atoms with E-state index in [1.807, 2.05) is 54.6 Å². The summed E-state index contributed by atoms with van der Waals surface area (Å²) in [6, 6.07) is 16.2. The molecule has 2 rings (SSSR count). The van der Waals surface area contributed by atoms with Crippen molar-refractivity contribution in [3.63, 3.8) is 0 Å². The van der Waals surface area contributed by atoms with E-state index >= 15 is 0 Å². The standard InChI is InChI=1S/C19H22N2O4S/c1-24-16-9-7-15(8-10-16)12-26-13-17(18(20)22)21-19(23)25-11-14-5-3-2-4-6-14/h2-10,17H,11-13H2,1H3,(H2,20,22)(H,21,23). The third-order valence-corrected chi connectivity index (χ3v) is 4.67. The van der Waals surface area contributed by atoms with Crippen molar-refractivity contribution in [1.29, 1.82) is 0 Å². The van der Waals surface area contributed by atoms with E-state index in [-0.39, 0.29) is 6.61 Å². The van der Waals surface area contributed by atoms with Gasteiger partial charge in [-0.15, -0.1) is 0 Å². The van der Waals surface area contributed by atoms with Gasteiger partial charge in [-0.1, -0.05) is 42.5 Å². The number of ether oxygens (including phenoxy) is 2. The summed E-state index contributed by atoms with van der Waals surface area (Å²) in [6.07, 6.45) is -0.664. The summed E-state index contributed by atoms with van der Waals surface area (Å²) in [4.78, 5) is 23.4. The van der Waals surface area contributed by atoms with Crippen molar-refractivity contribution < 1.29 is 19.1 Å². The minimum Gasteiger partial charge on any atom is -0.497 e. The molecule has 0 radical (unpaired) electrons. The maximum absolute atomic E-state index is 11.9. The van der Waals surface area contributed by atoms with E-state index in [0.717, 1.165) is 16.9 Å². The molecule has 2 aromatic rings. The van der Waals surface area contributed by atoms with Gasteiger partial charge in [-0.25, -0.2) is 4.79 Å². The van der Waals surface area contributed by atoms with E-state index in [4.69, 9.17) is 15.2 Å². The first-order valence-corrected chi connectivity index (χ1v) is 9.21. The largest absolute Gasteiger partial charge is 0.497 e. The van der Waals surface area contributed by atoms with Crippen LogP contribution in [0.1, 0.15) is 11.1 Å².